The molecule has 0 fully saturated rings. The summed E-state index contributed by atoms with van der Waals surface area (Å²) in [4.78, 5) is 19.1. The van der Waals surface area contributed by atoms with Crippen LogP contribution in [0, 0.1) is 0 Å². The molecular formula is C10H18N2O6S2. The molecule has 0 rings (SSSR count). The molecule has 8 nitrogen and oxygen atoms in total. The highest BCUT2D eigenvalue weighted by molar-refractivity contribution is 7.80. The maximum atomic E-state index is 9.53. The standard InChI is InChI=1S/2C4H6O2.2CH3NOS/c2*1-2-3-4(5)6;2*2-1(3)4/h2*2H,1,3H2,(H,5,6);2*(H3,2,3,4). The second kappa shape index (κ2) is 22.0. The molecule has 0 saturated heterocycles. The quantitative estimate of drug-likeness (QED) is 0.322. The van der Waals surface area contributed by atoms with Crippen molar-refractivity contribution in [1.82, 2.24) is 0 Å². The molecule has 0 bridgehead atoms. The molecule has 0 saturated carbocycles. The van der Waals surface area contributed by atoms with Crippen molar-refractivity contribution in [3.05, 3.63) is 25.3 Å². The van der Waals surface area contributed by atoms with Crippen LogP contribution in [0.3, 0.4) is 0 Å². The van der Waals surface area contributed by atoms with Gasteiger partial charge in [0, 0.05) is 0 Å². The van der Waals surface area contributed by atoms with E-state index in [4.69, 9.17) is 20.4 Å². The van der Waals surface area contributed by atoms with E-state index in [9.17, 15) is 9.59 Å². The monoisotopic (exact) mass is 326 g/mol. The van der Waals surface area contributed by atoms with E-state index in [-0.39, 0.29) is 12.8 Å². The predicted molar refractivity (Wildman–Crippen MR) is 83.7 cm³/mol. The third-order valence-electron chi connectivity index (χ3n) is 0.638. The first kappa shape index (κ1) is 26.4. The summed E-state index contributed by atoms with van der Waals surface area (Å²) in [5.74, 6) is -1.66. The number of nitrogens with two attached hydrogens (primary N) is 2. The van der Waals surface area contributed by atoms with E-state index in [0.717, 1.165) is 0 Å². The van der Waals surface area contributed by atoms with E-state index < -0.39 is 22.3 Å². The van der Waals surface area contributed by atoms with Crippen molar-refractivity contribution in [3.63, 3.8) is 0 Å². The highest BCUT2D eigenvalue weighted by Crippen LogP contribution is 1.74. The Bertz CT molecular complexity index is 294. The van der Waals surface area contributed by atoms with E-state index in [1.54, 1.807) is 0 Å². The molecule has 0 aromatic rings. The van der Waals surface area contributed by atoms with Crippen molar-refractivity contribution in [1.29, 1.82) is 0 Å². The van der Waals surface area contributed by atoms with Crippen molar-refractivity contribution in [2.75, 3.05) is 0 Å². The van der Waals surface area contributed by atoms with Crippen molar-refractivity contribution < 1.29 is 30.0 Å². The zero-order chi connectivity index (χ0) is 17.1. The van der Waals surface area contributed by atoms with E-state index in [0.29, 0.717) is 0 Å². The first-order valence-corrected chi connectivity index (χ1v) is 5.44. The lowest BCUT2D eigenvalue weighted by molar-refractivity contribution is -0.137. The van der Waals surface area contributed by atoms with Gasteiger partial charge in [-0.15, -0.1) is 13.2 Å². The number of thiocarbonyl (C=S) groups is 2. The second-order valence-electron chi connectivity index (χ2n) is 2.45. The minimum Gasteiger partial charge on any atom is -0.487 e. The Hall–Kier alpha value is -2.20. The fourth-order valence-corrected chi connectivity index (χ4v) is 0.247. The number of carboxylic acid groups (broad SMARTS) is 2. The fourth-order valence-electron chi connectivity index (χ4n) is 0.247. The van der Waals surface area contributed by atoms with Crippen molar-refractivity contribution in [3.8, 4) is 0 Å². The van der Waals surface area contributed by atoms with Crippen LogP contribution in [0.2, 0.25) is 0 Å². The van der Waals surface area contributed by atoms with Gasteiger partial charge in [0.1, 0.15) is 0 Å². The molecule has 0 amide bonds. The van der Waals surface area contributed by atoms with Crippen LogP contribution in [-0.4, -0.2) is 42.7 Å². The minimum atomic E-state index is -0.829. The van der Waals surface area contributed by atoms with Gasteiger partial charge in [0.15, 0.2) is 0 Å². The van der Waals surface area contributed by atoms with Crippen LogP contribution in [0.25, 0.3) is 0 Å². The Balaban J connectivity index is -0.0000000871. The lowest BCUT2D eigenvalue weighted by atomic mass is 10.4. The summed E-state index contributed by atoms with van der Waals surface area (Å²) in [5.41, 5.74) is 8.80. The molecule has 0 heterocycles. The number of carbonyl (C=O) groups is 2. The SMILES string of the molecule is C=CCC(=O)O.C=CCC(=O)O.NC(O)=S.NC(O)=S. The van der Waals surface area contributed by atoms with Gasteiger partial charge in [-0.1, -0.05) is 12.2 Å². The van der Waals surface area contributed by atoms with Gasteiger partial charge in [-0.2, -0.15) is 0 Å². The Morgan fingerprint density at radius 1 is 0.850 bits per heavy atom. The Kier molecular flexibility index (Phi) is 29.0. The second-order valence-corrected chi connectivity index (χ2v) is 3.29. The van der Waals surface area contributed by atoms with Crippen molar-refractivity contribution >= 4 is 46.7 Å². The van der Waals surface area contributed by atoms with Crippen molar-refractivity contribution in [2.24, 2.45) is 11.5 Å². The topological polar surface area (TPSA) is 167 Å². The molecule has 0 spiro atoms. The summed E-state index contributed by atoms with van der Waals surface area (Å²) in [7, 11) is 0. The van der Waals surface area contributed by atoms with E-state index in [1.807, 2.05) is 0 Å². The minimum absolute atomic E-state index is 0.0556. The lowest BCUT2D eigenvalue weighted by Gasteiger charge is -1.75. The van der Waals surface area contributed by atoms with Gasteiger partial charge in [-0.3, -0.25) is 9.59 Å². The average Bonchev–Trinajstić information content (AvgIpc) is 2.15. The normalized spacial score (nSPS) is 6.80. The number of aliphatic hydroxyl groups excluding tert-OH is 2. The zero-order valence-corrected chi connectivity index (χ0v) is 12.2. The van der Waals surface area contributed by atoms with Gasteiger partial charge >= 0.3 is 11.9 Å². The van der Waals surface area contributed by atoms with Crippen molar-refractivity contribution in [2.45, 2.75) is 12.8 Å². The molecule has 0 atom stereocenters. The van der Waals surface area contributed by atoms with Gasteiger partial charge in [0.2, 0.25) is 0 Å². The number of carboxylic acids is 2. The fraction of sp³-hybridized carbons (Fsp3) is 0.200. The molecule has 0 aliphatic rings. The van der Waals surface area contributed by atoms with Crippen LogP contribution in [0.1, 0.15) is 12.8 Å². The molecule has 10 heteroatoms. The Morgan fingerprint density at radius 3 is 1.00 bits per heavy atom. The smallest absolute Gasteiger partial charge is 0.307 e. The summed E-state index contributed by atoms with van der Waals surface area (Å²) in [6.45, 7) is 6.44. The number of hydrogen-bond donors (Lipinski definition) is 6. The molecule has 0 aliphatic heterocycles. The maximum absolute atomic E-state index is 9.53. The summed E-state index contributed by atoms with van der Waals surface area (Å²) in [6, 6.07) is 0. The van der Waals surface area contributed by atoms with E-state index in [1.165, 1.54) is 12.2 Å². The third kappa shape index (κ3) is 240. The van der Waals surface area contributed by atoms with E-state index in [2.05, 4.69) is 49.1 Å². The number of aliphatic hydroxyl groups is 2. The first-order valence-electron chi connectivity index (χ1n) is 4.63. The first-order chi connectivity index (χ1) is 9.00. The number of rotatable bonds is 4. The molecular weight excluding hydrogens is 308 g/mol. The van der Waals surface area contributed by atoms with Gasteiger partial charge in [0.05, 0.1) is 12.8 Å². The molecule has 0 aromatic carbocycles. The number of aliphatic carboxylic acids is 2. The van der Waals surface area contributed by atoms with E-state index >= 15 is 0 Å². The van der Waals surface area contributed by atoms with Gasteiger partial charge in [-0.25, -0.2) is 0 Å². The number of hydrogen-bond acceptors (Lipinski definition) is 4. The van der Waals surface area contributed by atoms with Crippen LogP contribution >= 0.6 is 24.4 Å². The molecule has 0 unspecified atom stereocenters. The van der Waals surface area contributed by atoms with Gasteiger partial charge in [-0.05, 0) is 24.4 Å². The van der Waals surface area contributed by atoms with Crippen LogP contribution in [0.4, 0.5) is 0 Å². The highest BCUT2D eigenvalue weighted by atomic mass is 32.1. The van der Waals surface area contributed by atoms with Gasteiger partial charge < -0.3 is 31.9 Å². The summed E-state index contributed by atoms with van der Waals surface area (Å²) < 4.78 is 0. The highest BCUT2D eigenvalue weighted by Gasteiger charge is 1.84. The van der Waals surface area contributed by atoms with Crippen LogP contribution in [-0.2, 0) is 9.59 Å². The van der Waals surface area contributed by atoms with Gasteiger partial charge in [0.25, 0.3) is 10.3 Å². The molecule has 0 aliphatic carbocycles. The Morgan fingerprint density at radius 2 is 1.00 bits per heavy atom. The lowest BCUT2D eigenvalue weighted by Crippen LogP contribution is -2.03. The predicted octanol–water partition coefficient (Wildman–Crippen LogP) is 0.870. The Labute approximate surface area is 127 Å². The third-order valence-corrected chi connectivity index (χ3v) is 0.638. The van der Waals surface area contributed by atoms with Crippen LogP contribution in [0.5, 0.6) is 0 Å². The van der Waals surface area contributed by atoms with Crippen LogP contribution in [0.15, 0.2) is 25.3 Å². The largest absolute Gasteiger partial charge is 0.487 e. The van der Waals surface area contributed by atoms with Crippen LogP contribution < -0.4 is 11.5 Å². The summed E-state index contributed by atoms with van der Waals surface area (Å²) in [5, 5.41) is 29.8. The maximum Gasteiger partial charge on any atom is 0.307 e. The molecule has 20 heavy (non-hydrogen) atoms. The summed E-state index contributed by atoms with van der Waals surface area (Å²) in [6.07, 6.45) is 2.81. The molecule has 0 aromatic heterocycles. The summed E-state index contributed by atoms with van der Waals surface area (Å²) >= 11 is 7.74. The molecule has 0 radical (unpaired) electrons. The zero-order valence-electron chi connectivity index (χ0n) is 10.6. The average molecular weight is 326 g/mol. The molecule has 116 valence electrons. The molecule has 8 N–H and O–H groups in total.